The number of rotatable bonds is 4. The highest BCUT2D eigenvalue weighted by atomic mass is 79.9. The van der Waals surface area contributed by atoms with Gasteiger partial charge in [0.2, 0.25) is 0 Å². The zero-order valence-electron chi connectivity index (χ0n) is 10.3. The Balaban J connectivity index is 2.29. The third-order valence-electron chi connectivity index (χ3n) is 2.68. The van der Waals surface area contributed by atoms with E-state index in [1.165, 1.54) is 4.88 Å². The number of hydrogen-bond acceptors (Lipinski definition) is 3. The number of benzene rings is 1. The first-order chi connectivity index (χ1) is 8.97. The number of thiophene rings is 1. The molecule has 1 heterocycles. The summed E-state index contributed by atoms with van der Waals surface area (Å²) in [5.41, 5.74) is 7.34. The third-order valence-corrected chi connectivity index (χ3v) is 4.85. The normalized spacial score (nSPS) is 10.5. The van der Waals surface area contributed by atoms with Crippen molar-refractivity contribution in [2.24, 2.45) is 5.73 Å². The SMILES string of the molecule is CN(Cc1cc(Br)cs1)c1cc(Br)ccc1C(=N)N. The summed E-state index contributed by atoms with van der Waals surface area (Å²) < 4.78 is 2.08. The van der Waals surface area contributed by atoms with Gasteiger partial charge in [0, 0.05) is 37.5 Å². The Hall–Kier alpha value is -0.850. The standard InChI is InChI=1S/C13H13Br2N3S/c1-18(6-10-4-9(15)7-19-10)12-5-8(14)2-3-11(12)13(16)17/h2-5,7H,6H2,1H3,(H3,16,17). The van der Waals surface area contributed by atoms with Crippen LogP contribution in [0.5, 0.6) is 0 Å². The Morgan fingerprint density at radius 2 is 2.05 bits per heavy atom. The molecule has 0 radical (unpaired) electrons. The van der Waals surface area contributed by atoms with E-state index < -0.39 is 0 Å². The van der Waals surface area contributed by atoms with Crippen molar-refractivity contribution in [2.45, 2.75) is 6.54 Å². The van der Waals surface area contributed by atoms with E-state index in [9.17, 15) is 0 Å². The molecule has 0 bridgehead atoms. The summed E-state index contributed by atoms with van der Waals surface area (Å²) in [6.45, 7) is 0.785. The van der Waals surface area contributed by atoms with Crippen LogP contribution in [-0.4, -0.2) is 12.9 Å². The van der Waals surface area contributed by atoms with Gasteiger partial charge in [0.1, 0.15) is 5.84 Å². The number of nitrogens with two attached hydrogens (primary N) is 1. The number of hydrogen-bond donors (Lipinski definition) is 2. The Bertz CT molecular complexity index is 610. The molecule has 6 heteroatoms. The zero-order valence-corrected chi connectivity index (χ0v) is 14.3. The van der Waals surface area contributed by atoms with Gasteiger partial charge in [-0.2, -0.15) is 0 Å². The van der Waals surface area contributed by atoms with E-state index in [4.69, 9.17) is 11.1 Å². The van der Waals surface area contributed by atoms with Crippen LogP contribution in [0.1, 0.15) is 10.4 Å². The number of amidine groups is 1. The molecule has 0 amide bonds. The Kier molecular flexibility index (Phi) is 4.65. The summed E-state index contributed by atoms with van der Waals surface area (Å²) in [5, 5.41) is 9.72. The van der Waals surface area contributed by atoms with Gasteiger partial charge in [0.05, 0.1) is 6.54 Å². The van der Waals surface area contributed by atoms with Gasteiger partial charge in [-0.15, -0.1) is 11.3 Å². The minimum atomic E-state index is 0.0849. The second-order valence-electron chi connectivity index (χ2n) is 4.16. The van der Waals surface area contributed by atoms with E-state index in [1.807, 2.05) is 25.2 Å². The topological polar surface area (TPSA) is 53.1 Å². The molecule has 0 atom stereocenters. The molecule has 0 saturated heterocycles. The van der Waals surface area contributed by atoms with Crippen molar-refractivity contribution in [1.82, 2.24) is 0 Å². The van der Waals surface area contributed by atoms with Crippen molar-refractivity contribution >= 4 is 54.7 Å². The van der Waals surface area contributed by atoms with Crippen LogP contribution in [0.15, 0.2) is 38.6 Å². The van der Waals surface area contributed by atoms with E-state index in [0.717, 1.165) is 26.7 Å². The van der Waals surface area contributed by atoms with Crippen molar-refractivity contribution in [3.63, 3.8) is 0 Å². The van der Waals surface area contributed by atoms with Gasteiger partial charge in [-0.25, -0.2) is 0 Å². The smallest absolute Gasteiger partial charge is 0.124 e. The van der Waals surface area contributed by atoms with E-state index in [1.54, 1.807) is 11.3 Å². The van der Waals surface area contributed by atoms with Crippen LogP contribution >= 0.6 is 43.2 Å². The van der Waals surface area contributed by atoms with E-state index in [0.29, 0.717) is 0 Å². The van der Waals surface area contributed by atoms with Gasteiger partial charge in [-0.1, -0.05) is 15.9 Å². The molecule has 0 aliphatic rings. The summed E-state index contributed by atoms with van der Waals surface area (Å²) in [4.78, 5) is 3.35. The number of nitrogen functional groups attached to an aromatic ring is 1. The lowest BCUT2D eigenvalue weighted by atomic mass is 10.1. The lowest BCUT2D eigenvalue weighted by molar-refractivity contribution is 0.937. The van der Waals surface area contributed by atoms with E-state index >= 15 is 0 Å². The van der Waals surface area contributed by atoms with E-state index in [2.05, 4.69) is 48.2 Å². The quantitative estimate of drug-likeness (QED) is 0.594. The molecule has 0 unspecified atom stereocenters. The fourth-order valence-electron chi connectivity index (χ4n) is 1.80. The predicted octanol–water partition coefficient (Wildman–Crippen LogP) is 4.19. The van der Waals surface area contributed by atoms with Gasteiger partial charge in [0.25, 0.3) is 0 Å². The highest BCUT2D eigenvalue weighted by Crippen LogP contribution is 2.27. The highest BCUT2D eigenvalue weighted by Gasteiger charge is 2.11. The maximum absolute atomic E-state index is 7.65. The van der Waals surface area contributed by atoms with Gasteiger partial charge >= 0.3 is 0 Å². The summed E-state index contributed by atoms with van der Waals surface area (Å²) in [7, 11) is 2.00. The van der Waals surface area contributed by atoms with Crippen LogP contribution in [-0.2, 0) is 6.54 Å². The molecular formula is C13H13Br2N3S. The molecule has 2 aromatic rings. The largest absolute Gasteiger partial charge is 0.384 e. The molecule has 2 rings (SSSR count). The van der Waals surface area contributed by atoms with Gasteiger partial charge in [-0.3, -0.25) is 5.41 Å². The minimum Gasteiger partial charge on any atom is -0.384 e. The van der Waals surface area contributed by atoms with Crippen LogP contribution in [0.2, 0.25) is 0 Å². The molecule has 0 spiro atoms. The number of nitrogens with one attached hydrogen (secondary N) is 1. The van der Waals surface area contributed by atoms with Gasteiger partial charge in [-0.05, 0) is 40.2 Å². The molecule has 3 N–H and O–H groups in total. The Morgan fingerprint density at radius 3 is 2.63 bits per heavy atom. The molecule has 0 saturated carbocycles. The molecule has 19 heavy (non-hydrogen) atoms. The number of anilines is 1. The summed E-state index contributed by atoms with van der Waals surface area (Å²) >= 11 is 8.62. The van der Waals surface area contributed by atoms with Gasteiger partial charge in [0.15, 0.2) is 0 Å². The summed E-state index contributed by atoms with van der Waals surface area (Å²) in [6, 6.07) is 7.85. The average Bonchev–Trinajstić information content (AvgIpc) is 2.74. The molecule has 0 aliphatic heterocycles. The van der Waals surface area contributed by atoms with Crippen molar-refractivity contribution in [2.75, 3.05) is 11.9 Å². The van der Waals surface area contributed by atoms with Crippen molar-refractivity contribution in [3.8, 4) is 0 Å². The summed E-state index contributed by atoms with van der Waals surface area (Å²) in [5.74, 6) is 0.0849. The van der Waals surface area contributed by atoms with E-state index in [-0.39, 0.29) is 5.84 Å². The van der Waals surface area contributed by atoms with Crippen LogP contribution in [0, 0.1) is 5.41 Å². The highest BCUT2D eigenvalue weighted by molar-refractivity contribution is 9.10. The van der Waals surface area contributed by atoms with Crippen molar-refractivity contribution in [3.05, 3.63) is 49.0 Å². The molecule has 3 nitrogen and oxygen atoms in total. The van der Waals surface area contributed by atoms with Crippen molar-refractivity contribution in [1.29, 1.82) is 5.41 Å². The molecule has 100 valence electrons. The fourth-order valence-corrected chi connectivity index (χ4v) is 3.66. The number of halogens is 2. The lowest BCUT2D eigenvalue weighted by Gasteiger charge is -2.21. The number of nitrogens with zero attached hydrogens (tertiary/aromatic N) is 1. The Morgan fingerprint density at radius 1 is 1.32 bits per heavy atom. The van der Waals surface area contributed by atoms with Crippen molar-refractivity contribution < 1.29 is 0 Å². The minimum absolute atomic E-state index is 0.0849. The average molecular weight is 403 g/mol. The molecule has 0 fully saturated rings. The molecule has 1 aromatic carbocycles. The summed E-state index contributed by atoms with van der Waals surface area (Å²) in [6.07, 6.45) is 0. The zero-order chi connectivity index (χ0) is 14.0. The van der Waals surface area contributed by atoms with Crippen LogP contribution < -0.4 is 10.6 Å². The molecule has 0 aliphatic carbocycles. The van der Waals surface area contributed by atoms with Crippen LogP contribution in [0.4, 0.5) is 5.69 Å². The molecular weight excluding hydrogens is 390 g/mol. The first-order valence-corrected chi connectivity index (χ1v) is 8.02. The van der Waals surface area contributed by atoms with Crippen LogP contribution in [0.25, 0.3) is 0 Å². The maximum atomic E-state index is 7.65. The van der Waals surface area contributed by atoms with Gasteiger partial charge < -0.3 is 10.6 Å². The second-order valence-corrected chi connectivity index (χ2v) is 6.99. The third kappa shape index (κ3) is 3.58. The molecule has 1 aromatic heterocycles. The monoisotopic (exact) mass is 401 g/mol. The first-order valence-electron chi connectivity index (χ1n) is 5.55. The predicted molar refractivity (Wildman–Crippen MR) is 89.3 cm³/mol. The first kappa shape index (κ1) is 14.6. The maximum Gasteiger partial charge on any atom is 0.124 e. The fraction of sp³-hybridized carbons (Fsp3) is 0.154. The Labute approximate surface area is 133 Å². The van der Waals surface area contributed by atoms with Crippen LogP contribution in [0.3, 0.4) is 0 Å². The second kappa shape index (κ2) is 6.07. The lowest BCUT2D eigenvalue weighted by Crippen LogP contribution is -2.21.